The van der Waals surface area contributed by atoms with Gasteiger partial charge < -0.3 is 20.1 Å². The molecule has 0 amide bonds. The van der Waals surface area contributed by atoms with E-state index in [2.05, 4.69) is 4.98 Å². The predicted octanol–water partition coefficient (Wildman–Crippen LogP) is 2.31. The van der Waals surface area contributed by atoms with Crippen molar-refractivity contribution in [3.8, 4) is 5.88 Å². The highest BCUT2D eigenvalue weighted by Gasteiger charge is 2.22. The number of rotatable bonds is 8. The van der Waals surface area contributed by atoms with Crippen molar-refractivity contribution in [2.45, 2.75) is 32.8 Å². The summed E-state index contributed by atoms with van der Waals surface area (Å²) in [7, 11) is 1.99. The van der Waals surface area contributed by atoms with Crippen LogP contribution in [0.25, 0.3) is 0 Å². The molecule has 0 aliphatic heterocycles. The first-order valence-corrected chi connectivity index (χ1v) is 7.28. The number of aromatic nitrogens is 1. The molecule has 0 aromatic carbocycles. The highest BCUT2D eigenvalue weighted by atomic mass is 16.5. The smallest absolute Gasteiger partial charge is 0.239 e. The van der Waals surface area contributed by atoms with Crippen molar-refractivity contribution in [1.29, 1.82) is 0 Å². The lowest BCUT2D eigenvalue weighted by Crippen LogP contribution is -2.25. The molecule has 1 aromatic heterocycles. The number of nitrogens with zero attached hydrogens (tertiary/aromatic N) is 2. The molecular formula is C15H25N3O2. The Kier molecular flexibility index (Phi) is 5.06. The first-order valence-electron chi connectivity index (χ1n) is 7.28. The first kappa shape index (κ1) is 14.9. The molecule has 0 spiro atoms. The third-order valence-electron chi connectivity index (χ3n) is 3.30. The molecule has 2 N–H and O–H groups in total. The molecule has 1 aliphatic rings. The minimum Gasteiger partial charge on any atom is -0.476 e. The first-order chi connectivity index (χ1) is 9.56. The van der Waals surface area contributed by atoms with Crippen molar-refractivity contribution in [2.75, 3.05) is 37.4 Å². The lowest BCUT2D eigenvalue weighted by atomic mass is 10.3. The van der Waals surface area contributed by atoms with Gasteiger partial charge in [-0.2, -0.15) is 4.98 Å². The molecule has 0 unspecified atom stereocenters. The number of ether oxygens (including phenoxy) is 2. The Morgan fingerprint density at radius 3 is 2.80 bits per heavy atom. The van der Waals surface area contributed by atoms with Gasteiger partial charge >= 0.3 is 0 Å². The Morgan fingerprint density at radius 1 is 1.40 bits per heavy atom. The van der Waals surface area contributed by atoms with Gasteiger partial charge in [-0.15, -0.1) is 0 Å². The fraction of sp³-hybridized carbons (Fsp3) is 0.667. The summed E-state index contributed by atoms with van der Waals surface area (Å²) >= 11 is 0. The summed E-state index contributed by atoms with van der Waals surface area (Å²) in [5, 5.41) is 0. The Bertz CT molecular complexity index is 433. The van der Waals surface area contributed by atoms with E-state index in [-0.39, 0.29) is 6.10 Å². The summed E-state index contributed by atoms with van der Waals surface area (Å²) in [6, 6.07) is 3.76. The van der Waals surface area contributed by atoms with Crippen LogP contribution in [0.4, 0.5) is 11.5 Å². The van der Waals surface area contributed by atoms with Gasteiger partial charge in [0.15, 0.2) is 0 Å². The van der Waals surface area contributed by atoms with Crippen molar-refractivity contribution in [3.63, 3.8) is 0 Å². The Hall–Kier alpha value is -1.49. The maximum atomic E-state index is 5.91. The Labute approximate surface area is 121 Å². The van der Waals surface area contributed by atoms with E-state index >= 15 is 0 Å². The van der Waals surface area contributed by atoms with Gasteiger partial charge in [0.05, 0.1) is 25.0 Å². The van der Waals surface area contributed by atoms with Crippen LogP contribution in [0, 0.1) is 5.92 Å². The third-order valence-corrected chi connectivity index (χ3v) is 3.30. The Morgan fingerprint density at radius 2 is 2.15 bits per heavy atom. The molecule has 5 nitrogen and oxygen atoms in total. The van der Waals surface area contributed by atoms with Crippen molar-refractivity contribution in [1.82, 2.24) is 4.98 Å². The minimum atomic E-state index is 0.250. The number of nitrogens with two attached hydrogens (primary N) is 1. The molecule has 1 aliphatic carbocycles. The second-order valence-electron chi connectivity index (χ2n) is 5.66. The molecule has 0 bridgehead atoms. The highest BCUT2D eigenvalue weighted by molar-refractivity contribution is 5.54. The van der Waals surface area contributed by atoms with E-state index in [1.54, 1.807) is 0 Å². The lowest BCUT2D eigenvalue weighted by Gasteiger charge is -2.20. The number of nitrogen functional groups attached to an aromatic ring is 1. The van der Waals surface area contributed by atoms with Crippen molar-refractivity contribution in [3.05, 3.63) is 12.1 Å². The minimum absolute atomic E-state index is 0.250. The zero-order chi connectivity index (χ0) is 14.5. The maximum Gasteiger partial charge on any atom is 0.239 e. The fourth-order valence-electron chi connectivity index (χ4n) is 1.79. The number of hydrogen-bond donors (Lipinski definition) is 1. The second-order valence-corrected chi connectivity index (χ2v) is 5.66. The monoisotopic (exact) mass is 279 g/mol. The normalized spacial score (nSPS) is 14.6. The van der Waals surface area contributed by atoms with Crippen LogP contribution in [0.1, 0.15) is 26.7 Å². The van der Waals surface area contributed by atoms with Crippen LogP contribution >= 0.6 is 0 Å². The highest BCUT2D eigenvalue weighted by Crippen LogP contribution is 2.31. The van der Waals surface area contributed by atoms with Crippen LogP contribution in [0.2, 0.25) is 0 Å². The van der Waals surface area contributed by atoms with Crippen LogP contribution in [-0.2, 0) is 4.74 Å². The largest absolute Gasteiger partial charge is 0.476 e. The van der Waals surface area contributed by atoms with Crippen molar-refractivity contribution in [2.24, 2.45) is 5.92 Å². The van der Waals surface area contributed by atoms with Crippen LogP contribution in [0.3, 0.4) is 0 Å². The van der Waals surface area contributed by atoms with Gasteiger partial charge in [-0.25, -0.2) is 0 Å². The van der Waals surface area contributed by atoms with Crippen molar-refractivity contribution < 1.29 is 9.47 Å². The van der Waals surface area contributed by atoms with E-state index < -0.39 is 0 Å². The molecule has 1 heterocycles. The molecule has 5 heteroatoms. The quantitative estimate of drug-likeness (QED) is 0.791. The lowest BCUT2D eigenvalue weighted by molar-refractivity contribution is 0.0845. The van der Waals surface area contributed by atoms with Crippen molar-refractivity contribution >= 4 is 11.5 Å². The second kappa shape index (κ2) is 6.79. The van der Waals surface area contributed by atoms with Gasteiger partial charge in [0.1, 0.15) is 5.82 Å². The molecule has 112 valence electrons. The van der Waals surface area contributed by atoms with Gasteiger partial charge in [0.25, 0.3) is 0 Å². The number of pyridine rings is 1. The zero-order valence-corrected chi connectivity index (χ0v) is 12.6. The summed E-state index contributed by atoms with van der Waals surface area (Å²) in [5.41, 5.74) is 6.50. The summed E-state index contributed by atoms with van der Waals surface area (Å²) in [6.07, 6.45) is 2.76. The third kappa shape index (κ3) is 4.56. The molecule has 1 saturated carbocycles. The number of hydrogen-bond acceptors (Lipinski definition) is 5. The topological polar surface area (TPSA) is 60.6 Å². The van der Waals surface area contributed by atoms with E-state index in [4.69, 9.17) is 15.2 Å². The predicted molar refractivity (Wildman–Crippen MR) is 81.2 cm³/mol. The molecule has 1 fully saturated rings. The van der Waals surface area contributed by atoms with E-state index in [0.29, 0.717) is 24.1 Å². The van der Waals surface area contributed by atoms with Gasteiger partial charge in [0, 0.05) is 13.6 Å². The van der Waals surface area contributed by atoms with E-state index in [0.717, 1.165) is 19.0 Å². The molecular weight excluding hydrogens is 254 g/mol. The van der Waals surface area contributed by atoms with Gasteiger partial charge in [-0.05, 0) is 44.7 Å². The molecule has 1 aromatic rings. The summed E-state index contributed by atoms with van der Waals surface area (Å²) in [6.45, 7) is 6.26. The van der Waals surface area contributed by atoms with E-state index in [1.807, 2.05) is 37.9 Å². The number of likely N-dealkylation sites (N-methyl/N-ethyl adjacent to an activating group) is 1. The van der Waals surface area contributed by atoms with E-state index in [9.17, 15) is 0 Å². The average molecular weight is 279 g/mol. The van der Waals surface area contributed by atoms with Crippen LogP contribution < -0.4 is 15.4 Å². The maximum absolute atomic E-state index is 5.91. The molecule has 0 saturated heterocycles. The fourth-order valence-corrected chi connectivity index (χ4v) is 1.79. The van der Waals surface area contributed by atoms with Gasteiger partial charge in [0.2, 0.25) is 5.88 Å². The standard InChI is InChI=1S/C15H25N3O2/c1-11(2)19-9-8-18(3)14-7-6-13(16)15(17-14)20-10-12-4-5-12/h6-7,11-12H,4-5,8-10,16H2,1-3H3. The SMILES string of the molecule is CC(C)OCCN(C)c1ccc(N)c(OCC2CC2)n1. The van der Waals surface area contributed by atoms with Gasteiger partial charge in [-0.3, -0.25) is 0 Å². The number of anilines is 2. The van der Waals surface area contributed by atoms with Crippen LogP contribution in [-0.4, -0.2) is 37.9 Å². The summed E-state index contributed by atoms with van der Waals surface area (Å²) in [4.78, 5) is 6.54. The Balaban J connectivity index is 1.90. The molecule has 20 heavy (non-hydrogen) atoms. The average Bonchev–Trinajstić information content (AvgIpc) is 3.21. The molecule has 0 atom stereocenters. The van der Waals surface area contributed by atoms with Crippen LogP contribution in [0.5, 0.6) is 5.88 Å². The zero-order valence-electron chi connectivity index (χ0n) is 12.6. The van der Waals surface area contributed by atoms with E-state index in [1.165, 1.54) is 12.8 Å². The molecule has 2 rings (SSSR count). The summed E-state index contributed by atoms with van der Waals surface area (Å²) < 4.78 is 11.2. The molecule has 0 radical (unpaired) electrons. The van der Waals surface area contributed by atoms with Crippen LogP contribution in [0.15, 0.2) is 12.1 Å². The van der Waals surface area contributed by atoms with Gasteiger partial charge in [-0.1, -0.05) is 0 Å². The summed E-state index contributed by atoms with van der Waals surface area (Å²) in [5.74, 6) is 2.10.